The molecule has 1 aliphatic heterocycles. The van der Waals surface area contributed by atoms with Crippen molar-refractivity contribution in [2.75, 3.05) is 19.7 Å². The Morgan fingerprint density at radius 2 is 2.05 bits per heavy atom. The highest BCUT2D eigenvalue weighted by molar-refractivity contribution is 5.76. The molecule has 0 bridgehead atoms. The highest BCUT2D eigenvalue weighted by Crippen LogP contribution is 2.20. The number of carbonyl (C=O) groups excluding carboxylic acids is 1. The lowest BCUT2D eigenvalue weighted by Gasteiger charge is -2.16. The van der Waals surface area contributed by atoms with Gasteiger partial charge in [-0.2, -0.15) is 0 Å². The van der Waals surface area contributed by atoms with E-state index in [9.17, 15) is 9.59 Å². The molecule has 2 rings (SSSR count). The maximum atomic E-state index is 12.0. The van der Waals surface area contributed by atoms with Gasteiger partial charge in [-0.15, -0.1) is 0 Å². The van der Waals surface area contributed by atoms with Crippen molar-refractivity contribution in [1.29, 1.82) is 0 Å². The van der Waals surface area contributed by atoms with Crippen LogP contribution in [0.2, 0.25) is 0 Å². The van der Waals surface area contributed by atoms with Crippen molar-refractivity contribution in [2.24, 2.45) is 5.92 Å². The first-order chi connectivity index (χ1) is 10.1. The minimum atomic E-state index is -0.787. The second kappa shape index (κ2) is 7.67. The molecule has 1 N–H and O–H groups in total. The molecule has 0 aromatic heterocycles. The quantitative estimate of drug-likeness (QED) is 0.782. The van der Waals surface area contributed by atoms with Crippen LogP contribution in [-0.2, 0) is 9.59 Å². The fourth-order valence-electron chi connectivity index (χ4n) is 2.56. The highest BCUT2D eigenvalue weighted by atomic mass is 16.5. The predicted molar refractivity (Wildman–Crippen MR) is 78.1 cm³/mol. The number of amides is 1. The lowest BCUT2D eigenvalue weighted by Crippen LogP contribution is -2.29. The zero-order valence-corrected chi connectivity index (χ0v) is 12.0. The molecule has 1 aliphatic rings. The van der Waals surface area contributed by atoms with Gasteiger partial charge >= 0.3 is 5.97 Å². The normalized spacial score (nSPS) is 17.7. The van der Waals surface area contributed by atoms with Crippen LogP contribution in [0.15, 0.2) is 30.3 Å². The van der Waals surface area contributed by atoms with Crippen LogP contribution < -0.4 is 4.74 Å². The summed E-state index contributed by atoms with van der Waals surface area (Å²) in [5, 5.41) is 8.76. The van der Waals surface area contributed by atoms with E-state index in [1.54, 1.807) is 4.90 Å². The van der Waals surface area contributed by atoms with Gasteiger partial charge in [0.05, 0.1) is 6.61 Å². The average Bonchev–Trinajstić information content (AvgIpc) is 2.92. The van der Waals surface area contributed by atoms with Gasteiger partial charge in [0, 0.05) is 25.9 Å². The summed E-state index contributed by atoms with van der Waals surface area (Å²) in [5.74, 6) is 0.227. The van der Waals surface area contributed by atoms with Gasteiger partial charge in [-0.25, -0.2) is 0 Å². The van der Waals surface area contributed by atoms with E-state index in [-0.39, 0.29) is 18.2 Å². The molecule has 0 aliphatic carbocycles. The van der Waals surface area contributed by atoms with Crippen LogP contribution in [-0.4, -0.2) is 41.6 Å². The molecule has 1 heterocycles. The number of carbonyl (C=O) groups is 2. The first kappa shape index (κ1) is 15.4. The summed E-state index contributed by atoms with van der Waals surface area (Å²) in [6.45, 7) is 1.77. The van der Waals surface area contributed by atoms with Crippen molar-refractivity contribution in [1.82, 2.24) is 4.90 Å². The monoisotopic (exact) mass is 291 g/mol. The average molecular weight is 291 g/mol. The molecule has 114 valence electrons. The number of likely N-dealkylation sites (tertiary alicyclic amines) is 1. The van der Waals surface area contributed by atoms with Crippen LogP contribution in [0.25, 0.3) is 0 Å². The molecular weight excluding hydrogens is 270 g/mol. The summed E-state index contributed by atoms with van der Waals surface area (Å²) in [6.07, 6.45) is 2.07. The number of para-hydroxylation sites is 1. The Balaban J connectivity index is 1.63. The number of aliphatic carboxylic acids is 1. The van der Waals surface area contributed by atoms with E-state index in [0.717, 1.165) is 12.2 Å². The van der Waals surface area contributed by atoms with Crippen LogP contribution in [0.3, 0.4) is 0 Å². The van der Waals surface area contributed by atoms with Crippen molar-refractivity contribution in [2.45, 2.75) is 25.7 Å². The summed E-state index contributed by atoms with van der Waals surface area (Å²) >= 11 is 0. The lowest BCUT2D eigenvalue weighted by atomic mass is 10.1. The van der Waals surface area contributed by atoms with E-state index in [2.05, 4.69) is 0 Å². The molecule has 5 heteroatoms. The van der Waals surface area contributed by atoms with Crippen molar-refractivity contribution in [3.8, 4) is 5.75 Å². The number of ether oxygens (including phenoxy) is 1. The van der Waals surface area contributed by atoms with E-state index in [4.69, 9.17) is 9.84 Å². The Bertz CT molecular complexity index is 474. The maximum absolute atomic E-state index is 12.0. The van der Waals surface area contributed by atoms with E-state index in [1.807, 2.05) is 30.3 Å². The van der Waals surface area contributed by atoms with Crippen LogP contribution in [0.5, 0.6) is 5.75 Å². The Hall–Kier alpha value is -2.04. The first-order valence-corrected chi connectivity index (χ1v) is 7.32. The minimum Gasteiger partial charge on any atom is -0.494 e. The van der Waals surface area contributed by atoms with Gasteiger partial charge in [0.2, 0.25) is 5.91 Å². The van der Waals surface area contributed by atoms with Crippen molar-refractivity contribution in [3.05, 3.63) is 30.3 Å². The number of hydrogen-bond acceptors (Lipinski definition) is 3. The molecule has 1 amide bonds. The molecule has 0 saturated carbocycles. The molecule has 21 heavy (non-hydrogen) atoms. The lowest BCUT2D eigenvalue weighted by molar-refractivity contribution is -0.138. The van der Waals surface area contributed by atoms with Gasteiger partial charge in [0.1, 0.15) is 5.75 Å². The molecule has 1 aromatic rings. The third-order valence-corrected chi connectivity index (χ3v) is 3.65. The number of carboxylic acids is 1. The van der Waals surface area contributed by atoms with E-state index >= 15 is 0 Å². The number of nitrogens with zero attached hydrogens (tertiary/aromatic N) is 1. The zero-order chi connectivity index (χ0) is 15.1. The van der Waals surface area contributed by atoms with Crippen molar-refractivity contribution < 1.29 is 19.4 Å². The summed E-state index contributed by atoms with van der Waals surface area (Å²) in [5.41, 5.74) is 0. The Kier molecular flexibility index (Phi) is 5.60. The Labute approximate surface area is 124 Å². The smallest absolute Gasteiger partial charge is 0.303 e. The molecular formula is C16H21NO4. The topological polar surface area (TPSA) is 66.8 Å². The molecule has 1 saturated heterocycles. The van der Waals surface area contributed by atoms with Crippen molar-refractivity contribution in [3.63, 3.8) is 0 Å². The molecule has 1 aromatic carbocycles. The zero-order valence-electron chi connectivity index (χ0n) is 12.0. The molecule has 0 spiro atoms. The third-order valence-electron chi connectivity index (χ3n) is 3.65. The molecule has 1 unspecified atom stereocenters. The minimum absolute atomic E-state index is 0.0968. The molecule has 5 nitrogen and oxygen atoms in total. The fraction of sp³-hybridized carbons (Fsp3) is 0.500. The second-order valence-electron chi connectivity index (χ2n) is 5.36. The second-order valence-corrected chi connectivity index (χ2v) is 5.36. The first-order valence-electron chi connectivity index (χ1n) is 7.32. The molecule has 1 atom stereocenters. The Morgan fingerprint density at radius 1 is 1.29 bits per heavy atom. The van der Waals surface area contributed by atoms with Gasteiger partial charge in [0.25, 0.3) is 0 Å². The number of carboxylic acid groups (broad SMARTS) is 1. The Morgan fingerprint density at radius 3 is 2.76 bits per heavy atom. The largest absolute Gasteiger partial charge is 0.494 e. The van der Waals surface area contributed by atoms with Crippen LogP contribution in [0.1, 0.15) is 25.7 Å². The number of rotatable bonds is 7. The van der Waals surface area contributed by atoms with E-state index in [0.29, 0.717) is 32.5 Å². The summed E-state index contributed by atoms with van der Waals surface area (Å²) < 4.78 is 5.54. The number of hydrogen-bond donors (Lipinski definition) is 1. The van der Waals surface area contributed by atoms with Crippen LogP contribution in [0, 0.1) is 5.92 Å². The summed E-state index contributed by atoms with van der Waals surface area (Å²) in [4.78, 5) is 24.4. The predicted octanol–water partition coefficient (Wildman–Crippen LogP) is 2.17. The standard InChI is InChI=1S/C16H21NO4/c18-15(17-9-8-13(12-17)11-16(19)20)7-4-10-21-14-5-2-1-3-6-14/h1-3,5-6,13H,4,7-12H2,(H,19,20). The molecule has 1 fully saturated rings. The van der Waals surface area contributed by atoms with Crippen LogP contribution >= 0.6 is 0 Å². The van der Waals surface area contributed by atoms with E-state index < -0.39 is 5.97 Å². The summed E-state index contributed by atoms with van der Waals surface area (Å²) in [7, 11) is 0. The van der Waals surface area contributed by atoms with Gasteiger partial charge in [0.15, 0.2) is 0 Å². The van der Waals surface area contributed by atoms with Crippen LogP contribution in [0.4, 0.5) is 0 Å². The van der Waals surface area contributed by atoms with Crippen molar-refractivity contribution >= 4 is 11.9 Å². The molecule has 0 radical (unpaired) electrons. The third kappa shape index (κ3) is 5.10. The van der Waals surface area contributed by atoms with Gasteiger partial charge in [-0.1, -0.05) is 18.2 Å². The van der Waals surface area contributed by atoms with Gasteiger partial charge in [-0.3, -0.25) is 9.59 Å². The highest BCUT2D eigenvalue weighted by Gasteiger charge is 2.27. The van der Waals surface area contributed by atoms with Gasteiger partial charge in [-0.05, 0) is 30.9 Å². The van der Waals surface area contributed by atoms with Gasteiger partial charge < -0.3 is 14.7 Å². The fourth-order valence-corrected chi connectivity index (χ4v) is 2.56. The number of benzene rings is 1. The summed E-state index contributed by atoms with van der Waals surface area (Å²) in [6, 6.07) is 9.52. The maximum Gasteiger partial charge on any atom is 0.303 e. The van der Waals surface area contributed by atoms with E-state index in [1.165, 1.54) is 0 Å². The SMILES string of the molecule is O=C(O)CC1CCN(C(=O)CCCOc2ccccc2)C1.